The summed E-state index contributed by atoms with van der Waals surface area (Å²) in [5, 5.41) is 16.8. The van der Waals surface area contributed by atoms with Gasteiger partial charge >= 0.3 is 5.97 Å². The maximum atomic E-state index is 13.1. The molecule has 2 atom stereocenters. The molecule has 0 radical (unpaired) electrons. The highest BCUT2D eigenvalue weighted by Gasteiger charge is 2.37. The van der Waals surface area contributed by atoms with Crippen LogP contribution in [0.15, 0.2) is 71.9 Å². The fourth-order valence-corrected chi connectivity index (χ4v) is 5.04. The van der Waals surface area contributed by atoms with E-state index in [0.29, 0.717) is 29.8 Å². The SMILES string of the molecule is CSc1cc(-c2ccc(C(=N)N)cc2)ccc1OCC1CC(CC(=O)O)CN1C(=O)c1cccnc1. The van der Waals surface area contributed by atoms with E-state index in [9.17, 15) is 14.7 Å². The lowest BCUT2D eigenvalue weighted by molar-refractivity contribution is -0.138. The number of nitrogens with zero attached hydrogens (tertiary/aromatic N) is 2. The van der Waals surface area contributed by atoms with Crippen molar-refractivity contribution in [3.8, 4) is 16.9 Å². The Bertz CT molecular complexity index is 1250. The van der Waals surface area contributed by atoms with Crippen molar-refractivity contribution < 1.29 is 19.4 Å². The Hall–Kier alpha value is -3.85. The normalized spacial score (nSPS) is 17.1. The van der Waals surface area contributed by atoms with Gasteiger partial charge in [0, 0.05) is 35.8 Å². The monoisotopic (exact) mass is 504 g/mol. The Labute approximate surface area is 214 Å². The third kappa shape index (κ3) is 5.85. The standard InChI is InChI=1S/C27H28N4O4S/c1-36-24-13-20(18-4-6-19(7-5-18)26(28)29)8-9-23(24)35-16-22-11-17(12-25(32)33)15-31(22)27(34)21-3-2-10-30-14-21/h2-10,13-14,17,22H,11-12,15-16H2,1H3,(H3,28,29)(H,32,33). The third-order valence-corrected chi connectivity index (χ3v) is 7.02. The van der Waals surface area contributed by atoms with Gasteiger partial charge in [0.1, 0.15) is 18.2 Å². The van der Waals surface area contributed by atoms with Crippen molar-refractivity contribution >= 4 is 29.5 Å². The molecule has 0 aliphatic carbocycles. The second-order valence-corrected chi connectivity index (χ2v) is 9.57. The van der Waals surface area contributed by atoms with Gasteiger partial charge in [-0.1, -0.05) is 30.3 Å². The van der Waals surface area contributed by atoms with Gasteiger partial charge in [-0.05, 0) is 54.0 Å². The average molecular weight is 505 g/mol. The number of rotatable bonds is 9. The largest absolute Gasteiger partial charge is 0.490 e. The number of aliphatic carboxylic acids is 1. The molecule has 1 saturated heterocycles. The van der Waals surface area contributed by atoms with Crippen molar-refractivity contribution in [1.82, 2.24) is 9.88 Å². The lowest BCUT2D eigenvalue weighted by atomic mass is 10.0. The molecule has 36 heavy (non-hydrogen) atoms. The van der Waals surface area contributed by atoms with Crippen molar-refractivity contribution in [2.75, 3.05) is 19.4 Å². The molecule has 2 unspecified atom stereocenters. The number of nitrogens with one attached hydrogen (secondary N) is 1. The number of carbonyl (C=O) groups excluding carboxylic acids is 1. The zero-order chi connectivity index (χ0) is 25.7. The number of hydrogen-bond acceptors (Lipinski definition) is 6. The van der Waals surface area contributed by atoms with Gasteiger partial charge in [0.15, 0.2) is 0 Å². The maximum Gasteiger partial charge on any atom is 0.303 e. The van der Waals surface area contributed by atoms with E-state index in [2.05, 4.69) is 4.98 Å². The summed E-state index contributed by atoms with van der Waals surface area (Å²) in [6.45, 7) is 0.640. The number of carboxylic acids is 1. The molecule has 4 N–H and O–H groups in total. The number of thioether (sulfide) groups is 1. The zero-order valence-corrected chi connectivity index (χ0v) is 20.7. The fraction of sp³-hybridized carbons (Fsp3) is 0.259. The minimum Gasteiger partial charge on any atom is -0.490 e. The Morgan fingerprint density at radius 3 is 2.56 bits per heavy atom. The summed E-state index contributed by atoms with van der Waals surface area (Å²) in [6.07, 6.45) is 5.69. The Kier molecular flexibility index (Phi) is 7.90. The Morgan fingerprint density at radius 1 is 1.17 bits per heavy atom. The van der Waals surface area contributed by atoms with Gasteiger partial charge in [-0.2, -0.15) is 0 Å². The first-order valence-corrected chi connectivity index (χ1v) is 12.8. The molecule has 186 valence electrons. The van der Waals surface area contributed by atoms with E-state index < -0.39 is 5.97 Å². The van der Waals surface area contributed by atoms with Crippen molar-refractivity contribution in [2.45, 2.75) is 23.8 Å². The highest BCUT2D eigenvalue weighted by atomic mass is 32.2. The Balaban J connectivity index is 1.50. The van der Waals surface area contributed by atoms with Gasteiger partial charge in [-0.3, -0.25) is 20.0 Å². The molecule has 1 aliphatic heterocycles. The van der Waals surface area contributed by atoms with Crippen LogP contribution in [0.3, 0.4) is 0 Å². The minimum absolute atomic E-state index is 0.0144. The zero-order valence-electron chi connectivity index (χ0n) is 19.9. The topological polar surface area (TPSA) is 130 Å². The van der Waals surface area contributed by atoms with E-state index in [4.69, 9.17) is 15.9 Å². The van der Waals surface area contributed by atoms with Crippen LogP contribution in [0.4, 0.5) is 0 Å². The summed E-state index contributed by atoms with van der Waals surface area (Å²) in [5.41, 5.74) is 8.72. The van der Waals surface area contributed by atoms with Crippen molar-refractivity contribution in [1.29, 1.82) is 5.41 Å². The fourth-order valence-electron chi connectivity index (χ4n) is 4.47. The van der Waals surface area contributed by atoms with Crippen LogP contribution in [0.2, 0.25) is 0 Å². The molecule has 2 aromatic carbocycles. The minimum atomic E-state index is -0.869. The van der Waals surface area contributed by atoms with Crippen LogP contribution in [0.1, 0.15) is 28.8 Å². The molecular formula is C27H28N4O4S. The number of amidine groups is 1. The molecule has 1 fully saturated rings. The summed E-state index contributed by atoms with van der Waals surface area (Å²) in [5.74, 6) is -0.422. The molecule has 0 saturated carbocycles. The van der Waals surface area contributed by atoms with Gasteiger partial charge < -0.3 is 20.5 Å². The number of carbonyl (C=O) groups is 2. The van der Waals surface area contributed by atoms with Crippen molar-refractivity contribution in [3.05, 3.63) is 78.1 Å². The lowest BCUT2D eigenvalue weighted by Crippen LogP contribution is -2.39. The number of nitrogens with two attached hydrogens (primary N) is 1. The van der Waals surface area contributed by atoms with E-state index in [1.165, 1.54) is 6.20 Å². The third-order valence-electron chi connectivity index (χ3n) is 6.26. The summed E-state index contributed by atoms with van der Waals surface area (Å²) < 4.78 is 6.20. The van der Waals surface area contributed by atoms with Gasteiger partial charge in [0.05, 0.1) is 11.6 Å². The molecular weight excluding hydrogens is 476 g/mol. The number of likely N-dealkylation sites (tertiary alicyclic amines) is 1. The molecule has 4 rings (SSSR count). The quantitative estimate of drug-likeness (QED) is 0.227. The van der Waals surface area contributed by atoms with E-state index in [1.807, 2.05) is 48.7 Å². The van der Waals surface area contributed by atoms with Crippen molar-refractivity contribution in [2.24, 2.45) is 11.7 Å². The highest BCUT2D eigenvalue weighted by Crippen LogP contribution is 2.34. The van der Waals surface area contributed by atoms with Gasteiger partial charge in [0.2, 0.25) is 0 Å². The number of benzene rings is 2. The van der Waals surface area contributed by atoms with Crippen molar-refractivity contribution in [3.63, 3.8) is 0 Å². The van der Waals surface area contributed by atoms with E-state index in [-0.39, 0.29) is 36.7 Å². The number of amides is 1. The second-order valence-electron chi connectivity index (χ2n) is 8.72. The van der Waals surface area contributed by atoms with Crippen LogP contribution in [-0.2, 0) is 4.79 Å². The number of pyridine rings is 1. The number of carboxylic acid groups (broad SMARTS) is 1. The second kappa shape index (κ2) is 11.3. The van der Waals surface area contributed by atoms with Gasteiger partial charge in [-0.25, -0.2) is 0 Å². The van der Waals surface area contributed by atoms with Crippen LogP contribution in [0, 0.1) is 11.3 Å². The molecule has 0 spiro atoms. The summed E-state index contributed by atoms with van der Waals surface area (Å²) in [6, 6.07) is 16.6. The smallest absolute Gasteiger partial charge is 0.303 e. The summed E-state index contributed by atoms with van der Waals surface area (Å²) in [7, 11) is 0. The predicted octanol–water partition coefficient (Wildman–Crippen LogP) is 4.14. The number of nitrogen functional groups attached to an aromatic ring is 1. The van der Waals surface area contributed by atoms with E-state index >= 15 is 0 Å². The van der Waals surface area contributed by atoms with Crippen LogP contribution in [0.5, 0.6) is 5.75 Å². The number of hydrogen-bond donors (Lipinski definition) is 3. The first-order chi connectivity index (χ1) is 17.4. The Morgan fingerprint density at radius 2 is 1.92 bits per heavy atom. The lowest BCUT2D eigenvalue weighted by Gasteiger charge is -2.25. The van der Waals surface area contributed by atoms with Gasteiger partial charge in [-0.15, -0.1) is 11.8 Å². The number of ether oxygens (including phenoxy) is 1. The summed E-state index contributed by atoms with van der Waals surface area (Å²) >= 11 is 1.56. The van der Waals surface area contributed by atoms with Gasteiger partial charge in [0.25, 0.3) is 5.91 Å². The average Bonchev–Trinajstić information content (AvgIpc) is 3.29. The molecule has 1 amide bonds. The predicted molar refractivity (Wildman–Crippen MR) is 140 cm³/mol. The van der Waals surface area contributed by atoms with Crippen LogP contribution >= 0.6 is 11.8 Å². The van der Waals surface area contributed by atoms with Crippen LogP contribution in [0.25, 0.3) is 11.1 Å². The van der Waals surface area contributed by atoms with Crippen LogP contribution < -0.4 is 10.5 Å². The summed E-state index contributed by atoms with van der Waals surface area (Å²) in [4.78, 5) is 31.2. The molecule has 3 aromatic rings. The molecule has 0 bridgehead atoms. The van der Waals surface area contributed by atoms with E-state index in [0.717, 1.165) is 16.0 Å². The van der Waals surface area contributed by atoms with Crippen LogP contribution in [-0.4, -0.2) is 58.2 Å². The first-order valence-electron chi connectivity index (χ1n) is 11.5. The molecule has 8 nitrogen and oxygen atoms in total. The first kappa shape index (κ1) is 25.2. The molecule has 2 heterocycles. The maximum absolute atomic E-state index is 13.1. The molecule has 1 aliphatic rings. The highest BCUT2D eigenvalue weighted by molar-refractivity contribution is 7.98. The molecule has 1 aromatic heterocycles. The van der Waals surface area contributed by atoms with E-state index in [1.54, 1.807) is 35.0 Å². The number of aromatic nitrogens is 1. The molecule has 9 heteroatoms.